The van der Waals surface area contributed by atoms with Gasteiger partial charge in [-0.15, -0.1) is 10.2 Å². The molecule has 0 bridgehead atoms. The predicted octanol–water partition coefficient (Wildman–Crippen LogP) is 4.60. The van der Waals surface area contributed by atoms with E-state index in [0.717, 1.165) is 11.1 Å². The molecule has 0 aliphatic heterocycles. The van der Waals surface area contributed by atoms with Crippen molar-refractivity contribution >= 4 is 17.4 Å². The summed E-state index contributed by atoms with van der Waals surface area (Å²) in [6.07, 6.45) is 0. The lowest BCUT2D eigenvalue weighted by molar-refractivity contribution is 0.384. The number of halogens is 2. The summed E-state index contributed by atoms with van der Waals surface area (Å²) in [4.78, 5) is 4.33. The third-order valence-electron chi connectivity index (χ3n) is 3.78. The SMILES string of the molecule is Fc1ccc(-c2ccc(NCc3nc(-c4cccc(Cl)c4)no3)nn2)cc1. The van der Waals surface area contributed by atoms with Gasteiger partial charge in [-0.25, -0.2) is 4.39 Å². The summed E-state index contributed by atoms with van der Waals surface area (Å²) in [5.74, 6) is 1.14. The zero-order valence-corrected chi connectivity index (χ0v) is 14.7. The van der Waals surface area contributed by atoms with E-state index in [0.29, 0.717) is 34.8 Å². The monoisotopic (exact) mass is 381 g/mol. The molecule has 2 aromatic heterocycles. The average Bonchev–Trinajstić information content (AvgIpc) is 3.17. The summed E-state index contributed by atoms with van der Waals surface area (Å²) in [5.41, 5.74) is 2.22. The average molecular weight is 382 g/mol. The molecular formula is C19H13ClFN5O. The van der Waals surface area contributed by atoms with Crippen molar-refractivity contribution in [2.45, 2.75) is 6.54 Å². The van der Waals surface area contributed by atoms with E-state index in [4.69, 9.17) is 16.1 Å². The van der Waals surface area contributed by atoms with Crippen molar-refractivity contribution in [1.82, 2.24) is 20.3 Å². The van der Waals surface area contributed by atoms with Gasteiger partial charge >= 0.3 is 0 Å². The Balaban J connectivity index is 1.41. The Morgan fingerprint density at radius 3 is 2.56 bits per heavy atom. The highest BCUT2D eigenvalue weighted by Crippen LogP contribution is 2.20. The molecule has 0 radical (unpaired) electrons. The van der Waals surface area contributed by atoms with Gasteiger partial charge in [-0.3, -0.25) is 0 Å². The first kappa shape index (κ1) is 17.1. The van der Waals surface area contributed by atoms with E-state index in [9.17, 15) is 4.39 Å². The van der Waals surface area contributed by atoms with Crippen LogP contribution in [0.4, 0.5) is 10.2 Å². The Bertz CT molecular complexity index is 1050. The second-order valence-electron chi connectivity index (χ2n) is 5.69. The number of anilines is 1. The van der Waals surface area contributed by atoms with E-state index in [2.05, 4.69) is 25.7 Å². The minimum atomic E-state index is -0.290. The molecule has 27 heavy (non-hydrogen) atoms. The largest absolute Gasteiger partial charge is 0.360 e. The second-order valence-corrected chi connectivity index (χ2v) is 6.12. The molecule has 4 rings (SSSR count). The molecule has 0 fully saturated rings. The van der Waals surface area contributed by atoms with E-state index in [1.165, 1.54) is 12.1 Å². The molecule has 0 spiro atoms. The van der Waals surface area contributed by atoms with E-state index in [1.807, 2.05) is 12.1 Å². The van der Waals surface area contributed by atoms with Crippen LogP contribution in [0.5, 0.6) is 0 Å². The van der Waals surface area contributed by atoms with Crippen molar-refractivity contribution in [2.24, 2.45) is 0 Å². The zero-order valence-electron chi connectivity index (χ0n) is 13.9. The van der Waals surface area contributed by atoms with Gasteiger partial charge in [0.05, 0.1) is 12.2 Å². The first-order chi connectivity index (χ1) is 13.2. The fourth-order valence-electron chi connectivity index (χ4n) is 2.44. The number of aromatic nitrogens is 4. The van der Waals surface area contributed by atoms with Crippen molar-refractivity contribution in [2.75, 3.05) is 5.32 Å². The van der Waals surface area contributed by atoms with Crippen LogP contribution in [0, 0.1) is 5.82 Å². The number of benzene rings is 2. The van der Waals surface area contributed by atoms with Gasteiger partial charge in [-0.1, -0.05) is 28.9 Å². The van der Waals surface area contributed by atoms with Crippen molar-refractivity contribution in [3.63, 3.8) is 0 Å². The zero-order chi connectivity index (χ0) is 18.6. The van der Waals surface area contributed by atoms with Gasteiger partial charge in [0.1, 0.15) is 11.6 Å². The van der Waals surface area contributed by atoms with Crippen LogP contribution in [-0.4, -0.2) is 20.3 Å². The van der Waals surface area contributed by atoms with Gasteiger partial charge in [-0.2, -0.15) is 4.98 Å². The maximum absolute atomic E-state index is 13.0. The summed E-state index contributed by atoms with van der Waals surface area (Å²) in [6, 6.07) is 16.9. The molecule has 0 unspecified atom stereocenters. The van der Waals surface area contributed by atoms with Gasteiger partial charge in [0, 0.05) is 16.1 Å². The molecule has 0 saturated heterocycles. The van der Waals surface area contributed by atoms with E-state index >= 15 is 0 Å². The molecular weight excluding hydrogens is 369 g/mol. The van der Waals surface area contributed by atoms with Crippen LogP contribution in [0.2, 0.25) is 5.02 Å². The topological polar surface area (TPSA) is 76.7 Å². The Labute approximate surface area is 159 Å². The minimum absolute atomic E-state index is 0.290. The van der Waals surface area contributed by atoms with Gasteiger partial charge < -0.3 is 9.84 Å². The molecule has 2 aromatic carbocycles. The summed E-state index contributed by atoms with van der Waals surface area (Å²) < 4.78 is 18.2. The van der Waals surface area contributed by atoms with Gasteiger partial charge in [0.2, 0.25) is 11.7 Å². The Morgan fingerprint density at radius 1 is 0.963 bits per heavy atom. The molecule has 6 nitrogen and oxygen atoms in total. The molecule has 1 N–H and O–H groups in total. The minimum Gasteiger partial charge on any atom is -0.360 e. The van der Waals surface area contributed by atoms with Crippen molar-refractivity contribution < 1.29 is 8.91 Å². The number of nitrogens with one attached hydrogen (secondary N) is 1. The fraction of sp³-hybridized carbons (Fsp3) is 0.0526. The number of hydrogen-bond acceptors (Lipinski definition) is 6. The Kier molecular flexibility index (Phi) is 4.76. The molecule has 2 heterocycles. The van der Waals surface area contributed by atoms with Crippen molar-refractivity contribution in [3.05, 3.63) is 77.4 Å². The van der Waals surface area contributed by atoms with Crippen LogP contribution in [0.1, 0.15) is 5.89 Å². The summed E-state index contributed by atoms with van der Waals surface area (Å²) in [7, 11) is 0. The van der Waals surface area contributed by atoms with Crippen LogP contribution in [0.25, 0.3) is 22.6 Å². The molecule has 0 saturated carbocycles. The summed E-state index contributed by atoms with van der Waals surface area (Å²) in [6.45, 7) is 0.304. The number of hydrogen-bond donors (Lipinski definition) is 1. The Morgan fingerprint density at radius 2 is 1.81 bits per heavy atom. The van der Waals surface area contributed by atoms with Crippen LogP contribution in [0.15, 0.2) is 65.2 Å². The standard InChI is InChI=1S/C19H13ClFN5O/c20-14-3-1-2-13(10-14)19-23-18(27-26-19)11-22-17-9-8-16(24-25-17)12-4-6-15(21)7-5-12/h1-10H,11H2,(H,22,25). The first-order valence-electron chi connectivity index (χ1n) is 8.09. The van der Waals surface area contributed by atoms with Gasteiger partial charge in [0.15, 0.2) is 0 Å². The molecule has 0 amide bonds. The fourth-order valence-corrected chi connectivity index (χ4v) is 2.63. The van der Waals surface area contributed by atoms with Crippen LogP contribution < -0.4 is 5.32 Å². The second kappa shape index (κ2) is 7.51. The quantitative estimate of drug-likeness (QED) is 0.544. The van der Waals surface area contributed by atoms with E-state index < -0.39 is 0 Å². The van der Waals surface area contributed by atoms with Crippen LogP contribution in [0.3, 0.4) is 0 Å². The normalized spacial score (nSPS) is 10.7. The maximum atomic E-state index is 13.0. The highest BCUT2D eigenvalue weighted by molar-refractivity contribution is 6.30. The Hall–Kier alpha value is -3.32. The van der Waals surface area contributed by atoms with Crippen molar-refractivity contribution in [1.29, 1.82) is 0 Å². The lowest BCUT2D eigenvalue weighted by Gasteiger charge is -2.03. The van der Waals surface area contributed by atoms with E-state index in [1.54, 1.807) is 36.4 Å². The first-order valence-corrected chi connectivity index (χ1v) is 8.47. The molecule has 0 aliphatic rings. The van der Waals surface area contributed by atoms with E-state index in [-0.39, 0.29) is 5.82 Å². The third kappa shape index (κ3) is 4.09. The van der Waals surface area contributed by atoms with Crippen molar-refractivity contribution in [3.8, 4) is 22.6 Å². The highest BCUT2D eigenvalue weighted by Gasteiger charge is 2.09. The molecule has 8 heteroatoms. The predicted molar refractivity (Wildman–Crippen MR) is 99.5 cm³/mol. The molecule has 0 aliphatic carbocycles. The molecule has 0 atom stereocenters. The van der Waals surface area contributed by atoms with Gasteiger partial charge in [0.25, 0.3) is 0 Å². The third-order valence-corrected chi connectivity index (χ3v) is 4.01. The maximum Gasteiger partial charge on any atom is 0.246 e. The number of rotatable bonds is 5. The molecule has 134 valence electrons. The summed E-state index contributed by atoms with van der Waals surface area (Å²) in [5, 5.41) is 15.9. The summed E-state index contributed by atoms with van der Waals surface area (Å²) >= 11 is 5.98. The smallest absolute Gasteiger partial charge is 0.246 e. The molecule has 4 aromatic rings. The lowest BCUT2D eigenvalue weighted by Crippen LogP contribution is -2.03. The van der Waals surface area contributed by atoms with Gasteiger partial charge in [-0.05, 0) is 48.5 Å². The number of nitrogens with zero attached hydrogens (tertiary/aromatic N) is 4. The van der Waals surface area contributed by atoms with Crippen LogP contribution in [-0.2, 0) is 6.54 Å². The van der Waals surface area contributed by atoms with Crippen LogP contribution >= 0.6 is 11.6 Å². The lowest BCUT2D eigenvalue weighted by atomic mass is 10.1. The highest BCUT2D eigenvalue weighted by atomic mass is 35.5.